The van der Waals surface area contributed by atoms with E-state index < -0.39 is 6.04 Å². The number of carbonyl (C=O) groups is 2. The van der Waals surface area contributed by atoms with E-state index in [4.69, 9.17) is 0 Å². The summed E-state index contributed by atoms with van der Waals surface area (Å²) in [6.07, 6.45) is 0. The standard InChI is InChI=1S/C21H21N3O3/c1-12-8-13(2)10-15(9-12)24-11-17-18(20(24)26)19(22-21(27)23(17)3)14-4-6-16(25)7-5-14/h4-10,19,25H,11H2,1-3H3,(H,22,27). The van der Waals surface area contributed by atoms with Gasteiger partial charge in [-0.25, -0.2) is 4.79 Å². The predicted octanol–water partition coefficient (Wildman–Crippen LogP) is 3.01. The van der Waals surface area contributed by atoms with Gasteiger partial charge >= 0.3 is 6.03 Å². The number of aryl methyl sites for hydroxylation is 2. The Morgan fingerprint density at radius 1 is 1.04 bits per heavy atom. The van der Waals surface area contributed by atoms with E-state index in [1.54, 1.807) is 36.2 Å². The molecule has 2 aromatic rings. The molecule has 0 saturated heterocycles. The third-order valence-corrected chi connectivity index (χ3v) is 5.10. The Labute approximate surface area is 157 Å². The summed E-state index contributed by atoms with van der Waals surface area (Å²) in [5.74, 6) is 0.0294. The van der Waals surface area contributed by atoms with Gasteiger partial charge in [0, 0.05) is 12.7 Å². The van der Waals surface area contributed by atoms with Gasteiger partial charge in [-0.15, -0.1) is 0 Å². The van der Waals surface area contributed by atoms with Crippen molar-refractivity contribution in [3.8, 4) is 5.75 Å². The number of hydrogen-bond donors (Lipinski definition) is 2. The molecule has 0 spiro atoms. The van der Waals surface area contributed by atoms with Crippen molar-refractivity contribution in [3.05, 3.63) is 70.4 Å². The average molecular weight is 363 g/mol. The highest BCUT2D eigenvalue weighted by Crippen LogP contribution is 2.38. The number of likely N-dealkylation sites (N-methyl/N-ethyl adjacent to an activating group) is 1. The van der Waals surface area contributed by atoms with E-state index in [1.807, 2.05) is 26.0 Å². The monoisotopic (exact) mass is 363 g/mol. The molecule has 6 heteroatoms. The smallest absolute Gasteiger partial charge is 0.322 e. The molecule has 4 rings (SSSR count). The minimum Gasteiger partial charge on any atom is -0.508 e. The molecule has 6 nitrogen and oxygen atoms in total. The Hall–Kier alpha value is -3.28. The van der Waals surface area contributed by atoms with Crippen LogP contribution < -0.4 is 10.2 Å². The van der Waals surface area contributed by atoms with E-state index >= 15 is 0 Å². The first-order chi connectivity index (χ1) is 12.8. The van der Waals surface area contributed by atoms with Gasteiger partial charge in [-0.2, -0.15) is 0 Å². The summed E-state index contributed by atoms with van der Waals surface area (Å²) in [4.78, 5) is 29.0. The molecular weight excluding hydrogens is 342 g/mol. The highest BCUT2D eigenvalue weighted by Gasteiger charge is 2.43. The second-order valence-corrected chi connectivity index (χ2v) is 7.13. The number of aromatic hydroxyl groups is 1. The van der Waals surface area contributed by atoms with Crippen LogP contribution in [0.1, 0.15) is 22.7 Å². The Morgan fingerprint density at radius 2 is 1.67 bits per heavy atom. The summed E-state index contributed by atoms with van der Waals surface area (Å²) in [5.41, 5.74) is 5.04. The number of amides is 3. The van der Waals surface area contributed by atoms with Crippen LogP contribution in [0.25, 0.3) is 0 Å². The number of carbonyl (C=O) groups excluding carboxylic acids is 2. The lowest BCUT2D eigenvalue weighted by Crippen LogP contribution is -2.45. The van der Waals surface area contributed by atoms with Crippen molar-refractivity contribution in [2.24, 2.45) is 0 Å². The normalized spacial score (nSPS) is 19.4. The zero-order chi connectivity index (χ0) is 19.3. The molecule has 1 atom stereocenters. The molecule has 2 aliphatic rings. The van der Waals surface area contributed by atoms with Gasteiger partial charge in [0.05, 0.1) is 23.9 Å². The van der Waals surface area contributed by atoms with E-state index in [1.165, 1.54) is 4.90 Å². The molecule has 2 aliphatic heterocycles. The van der Waals surface area contributed by atoms with Crippen LogP contribution in [-0.2, 0) is 4.79 Å². The van der Waals surface area contributed by atoms with Crippen LogP contribution in [0.4, 0.5) is 10.5 Å². The van der Waals surface area contributed by atoms with Gasteiger partial charge in [-0.1, -0.05) is 18.2 Å². The van der Waals surface area contributed by atoms with Crippen LogP contribution in [0.15, 0.2) is 53.7 Å². The van der Waals surface area contributed by atoms with Gasteiger partial charge in [0.25, 0.3) is 5.91 Å². The predicted molar refractivity (Wildman–Crippen MR) is 102 cm³/mol. The Bertz CT molecular complexity index is 958. The third-order valence-electron chi connectivity index (χ3n) is 5.10. The fourth-order valence-corrected chi connectivity index (χ4v) is 3.80. The minimum absolute atomic E-state index is 0.111. The molecule has 138 valence electrons. The number of anilines is 1. The number of hydrogen-bond acceptors (Lipinski definition) is 3. The van der Waals surface area contributed by atoms with E-state index in [0.717, 1.165) is 22.4 Å². The van der Waals surface area contributed by atoms with Crippen molar-refractivity contribution in [2.75, 3.05) is 18.5 Å². The molecule has 0 aliphatic carbocycles. The first-order valence-corrected chi connectivity index (χ1v) is 8.81. The van der Waals surface area contributed by atoms with Crippen molar-refractivity contribution in [1.82, 2.24) is 10.2 Å². The van der Waals surface area contributed by atoms with Crippen molar-refractivity contribution in [1.29, 1.82) is 0 Å². The first-order valence-electron chi connectivity index (χ1n) is 8.81. The zero-order valence-electron chi connectivity index (χ0n) is 15.5. The number of benzene rings is 2. The minimum atomic E-state index is -0.535. The fraction of sp³-hybridized carbons (Fsp3) is 0.238. The molecule has 0 radical (unpaired) electrons. The zero-order valence-corrected chi connectivity index (χ0v) is 15.5. The number of phenols is 1. The maximum atomic E-state index is 13.3. The Kier molecular flexibility index (Phi) is 3.91. The summed E-state index contributed by atoms with van der Waals surface area (Å²) in [7, 11) is 1.68. The van der Waals surface area contributed by atoms with Crippen LogP contribution in [-0.4, -0.2) is 35.5 Å². The van der Waals surface area contributed by atoms with Gasteiger partial charge in [0.2, 0.25) is 0 Å². The van der Waals surface area contributed by atoms with Crippen molar-refractivity contribution < 1.29 is 14.7 Å². The molecule has 3 amide bonds. The molecule has 0 bridgehead atoms. The number of nitrogens with zero attached hydrogens (tertiary/aromatic N) is 2. The fourth-order valence-electron chi connectivity index (χ4n) is 3.80. The Morgan fingerprint density at radius 3 is 2.30 bits per heavy atom. The summed E-state index contributed by atoms with van der Waals surface area (Å²) < 4.78 is 0. The van der Waals surface area contributed by atoms with E-state index in [-0.39, 0.29) is 17.7 Å². The molecule has 2 aromatic carbocycles. The Balaban J connectivity index is 1.77. The van der Waals surface area contributed by atoms with Gasteiger partial charge in [0.1, 0.15) is 5.75 Å². The van der Waals surface area contributed by atoms with E-state index in [0.29, 0.717) is 17.8 Å². The maximum absolute atomic E-state index is 13.3. The summed E-state index contributed by atoms with van der Waals surface area (Å²) in [5, 5.41) is 12.4. The lowest BCUT2D eigenvalue weighted by Gasteiger charge is -2.31. The largest absolute Gasteiger partial charge is 0.508 e. The topological polar surface area (TPSA) is 72.9 Å². The van der Waals surface area contributed by atoms with Crippen molar-refractivity contribution in [3.63, 3.8) is 0 Å². The van der Waals surface area contributed by atoms with E-state index in [2.05, 4.69) is 11.4 Å². The molecular formula is C21H21N3O3. The van der Waals surface area contributed by atoms with Crippen LogP contribution in [0.5, 0.6) is 5.75 Å². The molecule has 2 N–H and O–H groups in total. The first kappa shape index (κ1) is 17.1. The second kappa shape index (κ2) is 6.16. The van der Waals surface area contributed by atoms with Gasteiger partial charge in [-0.3, -0.25) is 9.69 Å². The van der Waals surface area contributed by atoms with Gasteiger partial charge in [-0.05, 0) is 54.8 Å². The summed E-state index contributed by atoms with van der Waals surface area (Å²) in [6, 6.07) is 11.8. The van der Waals surface area contributed by atoms with Crippen molar-refractivity contribution >= 4 is 17.6 Å². The second-order valence-electron chi connectivity index (χ2n) is 7.13. The number of phenolic OH excluding ortho intramolecular Hbond substituents is 1. The summed E-state index contributed by atoms with van der Waals surface area (Å²) in [6.45, 7) is 4.36. The third kappa shape index (κ3) is 2.83. The van der Waals surface area contributed by atoms with Crippen LogP contribution >= 0.6 is 0 Å². The van der Waals surface area contributed by atoms with Gasteiger partial charge in [0.15, 0.2) is 0 Å². The quantitative estimate of drug-likeness (QED) is 0.861. The molecule has 1 unspecified atom stereocenters. The number of urea groups is 1. The van der Waals surface area contributed by atoms with E-state index in [9.17, 15) is 14.7 Å². The SMILES string of the molecule is Cc1cc(C)cc(N2CC3=C(C2=O)C(c2ccc(O)cc2)NC(=O)N3C)c1. The molecule has 0 fully saturated rings. The maximum Gasteiger partial charge on any atom is 0.322 e. The lowest BCUT2D eigenvalue weighted by molar-refractivity contribution is -0.114. The number of nitrogens with one attached hydrogen (secondary N) is 1. The van der Waals surface area contributed by atoms with Gasteiger partial charge < -0.3 is 15.3 Å². The molecule has 0 saturated carbocycles. The lowest BCUT2D eigenvalue weighted by atomic mass is 9.95. The van der Waals surface area contributed by atoms with Crippen LogP contribution in [0.2, 0.25) is 0 Å². The summed E-state index contributed by atoms with van der Waals surface area (Å²) >= 11 is 0. The average Bonchev–Trinajstić information content (AvgIpc) is 2.96. The van der Waals surface area contributed by atoms with Crippen LogP contribution in [0.3, 0.4) is 0 Å². The molecule has 0 aromatic heterocycles. The number of rotatable bonds is 2. The highest BCUT2D eigenvalue weighted by atomic mass is 16.3. The highest BCUT2D eigenvalue weighted by molar-refractivity contribution is 6.11. The van der Waals surface area contributed by atoms with Crippen molar-refractivity contribution in [2.45, 2.75) is 19.9 Å². The molecule has 2 heterocycles. The molecule has 27 heavy (non-hydrogen) atoms. The van der Waals surface area contributed by atoms with Crippen LogP contribution in [0, 0.1) is 13.8 Å².